The first-order valence-corrected chi connectivity index (χ1v) is 47.1. The number of β-amino-alcohol motifs (C(OH)–C–C–N with tert-alkyl or cyclic N) is 6. The molecule has 0 aromatic carbocycles. The Balaban J connectivity index is 0.537. The predicted octanol–water partition coefficient (Wildman–Crippen LogP) is -13.0. The van der Waals surface area contributed by atoms with Crippen molar-refractivity contribution in [1.29, 1.82) is 0 Å². The third-order valence-corrected chi connectivity index (χ3v) is 28.2. The van der Waals surface area contributed by atoms with Crippen LogP contribution >= 0.6 is 0 Å². The van der Waals surface area contributed by atoms with Crippen molar-refractivity contribution in [3.05, 3.63) is 0 Å². The van der Waals surface area contributed by atoms with Crippen LogP contribution in [0.25, 0.3) is 0 Å². The lowest BCUT2D eigenvalue weighted by Crippen LogP contribution is -2.57. The van der Waals surface area contributed by atoms with Crippen molar-refractivity contribution in [2.24, 2.45) is 5.73 Å². The van der Waals surface area contributed by atoms with Gasteiger partial charge in [0.1, 0.15) is 85.1 Å². The Morgan fingerprint density at radius 1 is 0.281 bits per heavy atom. The zero-order chi connectivity index (χ0) is 97.1. The lowest BCUT2D eigenvalue weighted by atomic mass is 10.1. The number of unbranched alkanes of at least 4 members (excludes halogenated alkanes) is 1. The summed E-state index contributed by atoms with van der Waals surface area (Å²) in [6.45, 7) is -4.96. The number of amides is 20. The van der Waals surface area contributed by atoms with Gasteiger partial charge in [0.05, 0.1) is 81.9 Å². The van der Waals surface area contributed by atoms with E-state index < -0.39 is 285 Å². The number of hydrogen-bond acceptors (Lipinski definition) is 29. The molecule has 20 amide bonds. The summed E-state index contributed by atoms with van der Waals surface area (Å²) >= 11 is 0. The highest BCUT2D eigenvalue weighted by molar-refractivity contribution is 6.02. The average molecular weight is 1900 g/mol. The standard InChI is InChI=1S/C85H126N22O28/c86-18-2-1-10-52(95-73(123)51-11-3-19-87-51)72(122)88-32-65(114)96-20-4-12-53(96)80(130)102-39-45(108)26-59(102)74(124)89-33-66(115)97-21-5-13-54(97)81(131)103-40-46(109)27-60(103)75(125)90-34-67(116)98-22-6-14-55(98)82(132)104-41-47(110)28-61(104)76(126)91-35-68(117)99-23-7-15-56(99)83(133)105-42-48(111)29-62(105)77(127)92-36-69(118)100-24-8-16-57(100)84(134)106-43-49(112)30-63(106)78(128)93-37-70(119)101-25-9-17-58(101)85(135)107-44-50(113)31-64(107)79(129)94-38-71(120)121/h45-64,87,108-113H,1-44,86H2,(H,88,122)(H,89,124)(H,90,125)(H,91,126)(H,92,127)(H,93,128)(H,94,129)(H,95,123)(H,120,121)/t45-,46-,47-,48-,49-,50-,51+,52+,53+,54+,55+,56+,57+,58+,59+,60+,61+,62+,63+,64+/m1/s1. The lowest BCUT2D eigenvalue weighted by Gasteiger charge is -2.32. The summed E-state index contributed by atoms with van der Waals surface area (Å²) in [6, 6.07) is -16.0. The Morgan fingerprint density at radius 3 is 0.726 bits per heavy atom. The van der Waals surface area contributed by atoms with E-state index in [-0.39, 0.29) is 168 Å². The Hall–Kier alpha value is -11.4. The average Bonchev–Trinajstić information content (AvgIpc) is 1.67. The fourth-order valence-corrected chi connectivity index (χ4v) is 21.4. The molecule has 0 aliphatic carbocycles. The van der Waals surface area contributed by atoms with Gasteiger partial charge < -0.3 is 148 Å². The Labute approximate surface area is 776 Å². The van der Waals surface area contributed by atoms with Gasteiger partial charge in [-0.15, -0.1) is 0 Å². The molecule has 13 fully saturated rings. The number of carboxylic acids is 1. The SMILES string of the molecule is NCCCC[C@H](NC(=O)[C@@H]1CCCN1)C(=O)NCC(=O)N1CCC[C@H]1C(=O)N1C[C@H](O)C[C@H]1C(=O)NCC(=O)N1CCC[C@H]1C(=O)N1C[C@H](O)C[C@H]1C(=O)NCC(=O)N1CCC[C@H]1C(=O)N1C[C@H](O)C[C@H]1C(=O)NCC(=O)N1CCC[C@H]1C(=O)N1C[C@H](O)C[C@H]1C(=O)NCC(=O)N1CCC[C@H]1C(=O)N1C[C@H](O)C[C@H]1C(=O)NCC(=O)N1CCC[C@H]1C(=O)N1C[C@H](O)C[C@H]1C(=O)NCC(=O)O. The van der Waals surface area contributed by atoms with Gasteiger partial charge in [-0.1, -0.05) is 0 Å². The van der Waals surface area contributed by atoms with Gasteiger partial charge in [-0.3, -0.25) is 101 Å². The van der Waals surface area contributed by atoms with E-state index in [2.05, 4.69) is 47.9 Å². The number of nitrogens with one attached hydrogen (secondary N) is 9. The van der Waals surface area contributed by atoms with Gasteiger partial charge in [0, 0.05) is 117 Å². The van der Waals surface area contributed by atoms with E-state index in [0.717, 1.165) is 35.8 Å². The van der Waals surface area contributed by atoms with Crippen molar-refractivity contribution >= 4 is 124 Å². The molecule has 0 unspecified atom stereocenters. The van der Waals surface area contributed by atoms with Crippen molar-refractivity contribution in [3.63, 3.8) is 0 Å². The van der Waals surface area contributed by atoms with E-state index in [9.17, 15) is 131 Å². The highest BCUT2D eigenvalue weighted by atomic mass is 16.4. The third kappa shape index (κ3) is 23.5. The smallest absolute Gasteiger partial charge is 0.322 e. The van der Waals surface area contributed by atoms with E-state index in [1.807, 2.05) is 0 Å². The normalized spacial score (nSPS) is 29.6. The summed E-state index contributed by atoms with van der Waals surface area (Å²) in [5.41, 5.74) is 5.67. The van der Waals surface area contributed by atoms with E-state index in [1.54, 1.807) is 0 Å². The number of carboxylic acid groups (broad SMARTS) is 1. The summed E-state index contributed by atoms with van der Waals surface area (Å²) in [7, 11) is 0. The molecule has 0 aromatic heterocycles. The number of aliphatic carboxylic acids is 1. The minimum Gasteiger partial charge on any atom is -0.480 e. The molecule has 0 radical (unpaired) electrons. The van der Waals surface area contributed by atoms with Crippen LogP contribution in [0.5, 0.6) is 0 Å². The first-order chi connectivity index (χ1) is 64.5. The van der Waals surface area contributed by atoms with Crippen LogP contribution in [0.4, 0.5) is 0 Å². The summed E-state index contributed by atoms with van der Waals surface area (Å²) in [4.78, 5) is 304. The zero-order valence-electron chi connectivity index (χ0n) is 75.3. The molecule has 13 rings (SSSR count). The number of hydrogen-bond donors (Lipinski definition) is 17. The number of aliphatic hydroxyl groups excluding tert-OH is 6. The topological polar surface area (TPSA) is 673 Å². The quantitative estimate of drug-likeness (QED) is 0.0271. The molecule has 50 heteroatoms. The number of likely N-dealkylation sites (tertiary alicyclic amines) is 12. The van der Waals surface area contributed by atoms with Crippen LogP contribution in [-0.4, -0.2) is 477 Å². The van der Waals surface area contributed by atoms with Crippen LogP contribution in [0.3, 0.4) is 0 Å². The van der Waals surface area contributed by atoms with Crippen LogP contribution in [-0.2, 0) is 101 Å². The van der Waals surface area contributed by atoms with Crippen molar-refractivity contribution in [3.8, 4) is 0 Å². The monoisotopic (exact) mass is 1900 g/mol. The molecule has 13 heterocycles. The lowest BCUT2D eigenvalue weighted by molar-refractivity contribution is -0.148. The van der Waals surface area contributed by atoms with E-state index in [4.69, 9.17) is 10.8 Å². The van der Waals surface area contributed by atoms with Crippen LogP contribution in [0, 0.1) is 0 Å². The van der Waals surface area contributed by atoms with Gasteiger partial charge in [0.25, 0.3) is 0 Å². The maximum absolute atomic E-state index is 14.5. The van der Waals surface area contributed by atoms with Gasteiger partial charge in [-0.25, -0.2) is 0 Å². The van der Waals surface area contributed by atoms with Gasteiger partial charge >= 0.3 is 5.97 Å². The Kier molecular flexibility index (Phi) is 33.7. The highest BCUT2D eigenvalue weighted by Gasteiger charge is 2.54. The van der Waals surface area contributed by atoms with Crippen LogP contribution < -0.4 is 53.6 Å². The number of rotatable bonds is 33. The number of carbonyl (C=O) groups is 21. The highest BCUT2D eigenvalue weighted by Crippen LogP contribution is 2.34. The minimum absolute atomic E-state index is 0.0302. The molecule has 13 aliphatic rings. The van der Waals surface area contributed by atoms with Crippen LogP contribution in [0.2, 0.25) is 0 Å². The Bertz CT molecular complexity index is 4500. The predicted molar refractivity (Wildman–Crippen MR) is 460 cm³/mol. The molecule has 135 heavy (non-hydrogen) atoms. The minimum atomic E-state index is -1.35. The summed E-state index contributed by atoms with van der Waals surface area (Å²) in [5.74, 6) is -15.5. The molecular formula is C85H126N22O28. The van der Waals surface area contributed by atoms with Crippen molar-refractivity contribution in [2.45, 2.75) is 269 Å². The fraction of sp³-hybridized carbons (Fsp3) is 0.753. The van der Waals surface area contributed by atoms with Gasteiger partial charge in [-0.05, 0) is 122 Å². The first-order valence-electron chi connectivity index (χ1n) is 47.1. The van der Waals surface area contributed by atoms with Crippen molar-refractivity contribution in [1.82, 2.24) is 107 Å². The largest absolute Gasteiger partial charge is 0.480 e. The fourth-order valence-electron chi connectivity index (χ4n) is 21.4. The summed E-state index contributed by atoms with van der Waals surface area (Å²) in [6.07, 6.45) is -2.74. The van der Waals surface area contributed by atoms with E-state index >= 15 is 0 Å². The molecule has 20 atom stereocenters. The zero-order valence-corrected chi connectivity index (χ0v) is 75.3. The van der Waals surface area contributed by atoms with E-state index in [0.29, 0.717) is 70.9 Å². The molecule has 18 N–H and O–H groups in total. The Morgan fingerprint density at radius 2 is 0.511 bits per heavy atom. The van der Waals surface area contributed by atoms with Crippen LogP contribution in [0.15, 0.2) is 0 Å². The molecule has 0 bridgehead atoms. The van der Waals surface area contributed by atoms with Crippen molar-refractivity contribution in [2.75, 3.05) is 137 Å². The molecule has 0 saturated carbocycles. The van der Waals surface area contributed by atoms with Gasteiger partial charge in [-0.2, -0.15) is 0 Å². The van der Waals surface area contributed by atoms with Crippen molar-refractivity contribution < 1.29 is 136 Å². The molecule has 0 spiro atoms. The maximum atomic E-state index is 14.5. The van der Waals surface area contributed by atoms with Gasteiger partial charge in [0.2, 0.25) is 118 Å². The number of nitrogens with zero attached hydrogens (tertiary/aromatic N) is 12. The first kappa shape index (κ1) is 101. The molecule has 744 valence electrons. The molecule has 13 saturated heterocycles. The summed E-state index contributed by atoms with van der Waals surface area (Å²) in [5, 5.41) is 97.1. The second-order valence-electron chi connectivity index (χ2n) is 37.3. The second kappa shape index (κ2) is 45.0. The molecule has 13 aliphatic heterocycles. The van der Waals surface area contributed by atoms with Crippen LogP contribution in [0.1, 0.15) is 148 Å². The number of aliphatic hydroxyl groups is 6. The number of carbonyl (C=O) groups excluding carboxylic acids is 20. The van der Waals surface area contributed by atoms with E-state index in [1.165, 1.54) is 29.4 Å². The molecular weight excluding hydrogens is 1780 g/mol. The third-order valence-electron chi connectivity index (χ3n) is 28.2. The van der Waals surface area contributed by atoms with Gasteiger partial charge in [0.15, 0.2) is 0 Å². The maximum Gasteiger partial charge on any atom is 0.322 e. The summed E-state index contributed by atoms with van der Waals surface area (Å²) < 4.78 is 0. The molecule has 50 nitrogen and oxygen atoms in total. The second-order valence-corrected chi connectivity index (χ2v) is 37.3. The molecule has 0 aromatic rings. The number of nitrogens with two attached hydrogens (primary N) is 1.